The number of nitrogens with one attached hydrogen (secondary N) is 1. The summed E-state index contributed by atoms with van der Waals surface area (Å²) in [5.41, 5.74) is 4.24. The van der Waals surface area contributed by atoms with Crippen LogP contribution in [0.1, 0.15) is 11.5 Å². The zero-order valence-corrected chi connectivity index (χ0v) is 11.5. The van der Waals surface area contributed by atoms with Gasteiger partial charge >= 0.3 is 0 Å². The van der Waals surface area contributed by atoms with Crippen molar-refractivity contribution in [3.63, 3.8) is 0 Å². The molecule has 6 heteroatoms. The van der Waals surface area contributed by atoms with E-state index in [2.05, 4.69) is 15.5 Å². The number of carbonyl (C=O) groups excluding carboxylic acids is 1. The summed E-state index contributed by atoms with van der Waals surface area (Å²) in [6, 6.07) is 11.3. The molecule has 0 spiro atoms. The molecule has 0 aliphatic carbocycles. The quantitative estimate of drug-likeness (QED) is 0.588. The molecule has 0 aliphatic heterocycles. The molecule has 2 aromatic heterocycles. The molecule has 21 heavy (non-hydrogen) atoms. The van der Waals surface area contributed by atoms with Gasteiger partial charge in [0.1, 0.15) is 18.1 Å². The van der Waals surface area contributed by atoms with E-state index in [1.807, 2.05) is 37.3 Å². The number of amides is 1. The van der Waals surface area contributed by atoms with Gasteiger partial charge in [-0.15, -0.1) is 0 Å². The molecule has 0 radical (unpaired) electrons. The first-order chi connectivity index (χ1) is 10.2. The molecule has 0 bridgehead atoms. The minimum atomic E-state index is -0.224. The Kier molecular flexibility index (Phi) is 3.51. The fraction of sp³-hybridized carbons (Fsp3) is 0.133. The van der Waals surface area contributed by atoms with E-state index in [1.54, 1.807) is 17.0 Å². The molecular weight excluding hydrogens is 268 g/mol. The fourth-order valence-electron chi connectivity index (χ4n) is 2.02. The molecule has 3 rings (SSSR count). The highest BCUT2D eigenvalue weighted by Crippen LogP contribution is 2.11. The zero-order chi connectivity index (χ0) is 14.7. The number of imidazole rings is 1. The number of hydrazone groups is 1. The highest BCUT2D eigenvalue weighted by molar-refractivity contribution is 5.82. The first-order valence-electron chi connectivity index (χ1n) is 6.50. The molecular formula is C15H14N4O2. The number of furan rings is 1. The van der Waals surface area contributed by atoms with E-state index in [0.29, 0.717) is 5.76 Å². The number of fused-ring (bicyclic) bond motifs is 1. The molecule has 0 aliphatic rings. The zero-order valence-electron chi connectivity index (χ0n) is 11.5. The molecule has 1 amide bonds. The van der Waals surface area contributed by atoms with Crippen molar-refractivity contribution in [2.24, 2.45) is 5.10 Å². The van der Waals surface area contributed by atoms with Crippen LogP contribution >= 0.6 is 0 Å². The monoisotopic (exact) mass is 282 g/mol. The summed E-state index contributed by atoms with van der Waals surface area (Å²) < 4.78 is 7.09. The summed E-state index contributed by atoms with van der Waals surface area (Å²) in [7, 11) is 0. The Morgan fingerprint density at radius 3 is 3.05 bits per heavy atom. The van der Waals surface area contributed by atoms with E-state index < -0.39 is 0 Å². The lowest BCUT2D eigenvalue weighted by Crippen LogP contribution is -2.22. The van der Waals surface area contributed by atoms with Gasteiger partial charge in [-0.3, -0.25) is 4.79 Å². The summed E-state index contributed by atoms with van der Waals surface area (Å²) in [6.45, 7) is 2.01. The van der Waals surface area contributed by atoms with Crippen LogP contribution in [0.3, 0.4) is 0 Å². The molecule has 1 aromatic carbocycles. The number of para-hydroxylation sites is 2. The van der Waals surface area contributed by atoms with Gasteiger partial charge in [0, 0.05) is 0 Å². The lowest BCUT2D eigenvalue weighted by atomic mass is 10.3. The van der Waals surface area contributed by atoms with Crippen LogP contribution in [-0.4, -0.2) is 21.7 Å². The summed E-state index contributed by atoms with van der Waals surface area (Å²) in [6.07, 6.45) is 3.11. The van der Waals surface area contributed by atoms with Crippen LogP contribution in [0.25, 0.3) is 11.0 Å². The van der Waals surface area contributed by atoms with Gasteiger partial charge in [-0.2, -0.15) is 5.10 Å². The van der Waals surface area contributed by atoms with Crippen LogP contribution in [0.5, 0.6) is 0 Å². The molecule has 2 heterocycles. The van der Waals surface area contributed by atoms with Crippen molar-refractivity contribution in [2.75, 3.05) is 0 Å². The van der Waals surface area contributed by atoms with Gasteiger partial charge in [-0.1, -0.05) is 12.1 Å². The Morgan fingerprint density at radius 1 is 1.38 bits per heavy atom. The summed E-state index contributed by atoms with van der Waals surface area (Å²) >= 11 is 0. The molecule has 0 unspecified atom stereocenters. The van der Waals surface area contributed by atoms with E-state index in [0.717, 1.165) is 16.8 Å². The Morgan fingerprint density at radius 2 is 2.24 bits per heavy atom. The predicted octanol–water partition coefficient (Wildman–Crippen LogP) is 2.09. The van der Waals surface area contributed by atoms with Gasteiger partial charge in [-0.05, 0) is 31.2 Å². The highest BCUT2D eigenvalue weighted by Gasteiger charge is 2.05. The molecule has 106 valence electrons. The minimum absolute atomic E-state index is 0.162. The lowest BCUT2D eigenvalue weighted by Gasteiger charge is -2.02. The molecule has 3 aromatic rings. The largest absolute Gasteiger partial charge is 0.460 e. The van der Waals surface area contributed by atoms with Gasteiger partial charge in [0.15, 0.2) is 0 Å². The Hall–Kier alpha value is -2.89. The van der Waals surface area contributed by atoms with Crippen molar-refractivity contribution in [3.8, 4) is 0 Å². The number of carbonyl (C=O) groups is 1. The lowest BCUT2D eigenvalue weighted by molar-refractivity contribution is -0.121. The van der Waals surface area contributed by atoms with Gasteiger partial charge in [0.05, 0.1) is 23.6 Å². The average molecular weight is 282 g/mol. The predicted molar refractivity (Wildman–Crippen MR) is 78.9 cm³/mol. The van der Waals surface area contributed by atoms with Gasteiger partial charge in [-0.25, -0.2) is 10.4 Å². The second-order valence-electron chi connectivity index (χ2n) is 4.60. The van der Waals surface area contributed by atoms with Crippen LogP contribution in [0, 0.1) is 6.92 Å². The minimum Gasteiger partial charge on any atom is -0.460 e. The maximum atomic E-state index is 11.8. The van der Waals surface area contributed by atoms with Crippen molar-refractivity contribution in [1.82, 2.24) is 15.0 Å². The smallest absolute Gasteiger partial charge is 0.260 e. The second kappa shape index (κ2) is 5.62. The first kappa shape index (κ1) is 13.1. The molecule has 1 N–H and O–H groups in total. The molecule has 0 saturated carbocycles. The van der Waals surface area contributed by atoms with E-state index >= 15 is 0 Å². The maximum Gasteiger partial charge on any atom is 0.260 e. The van der Waals surface area contributed by atoms with Crippen LogP contribution < -0.4 is 5.43 Å². The van der Waals surface area contributed by atoms with E-state index in [-0.39, 0.29) is 12.5 Å². The number of aryl methyl sites for hydroxylation is 1. The van der Waals surface area contributed by atoms with Crippen LogP contribution in [0.15, 0.2) is 52.2 Å². The van der Waals surface area contributed by atoms with Crippen molar-refractivity contribution in [2.45, 2.75) is 13.5 Å². The Balaban J connectivity index is 1.63. The Bertz CT molecular complexity index is 801. The van der Waals surface area contributed by atoms with Gasteiger partial charge in [0.25, 0.3) is 5.91 Å². The molecule has 6 nitrogen and oxygen atoms in total. The summed E-state index contributed by atoms with van der Waals surface area (Å²) in [4.78, 5) is 16.1. The topological polar surface area (TPSA) is 72.4 Å². The van der Waals surface area contributed by atoms with Crippen molar-refractivity contribution >= 4 is 23.2 Å². The number of rotatable bonds is 4. The average Bonchev–Trinajstić information content (AvgIpc) is 3.06. The standard InChI is InChI=1S/C15H14N4O2/c1-11-6-7-12(21-11)8-17-18-15(20)9-19-10-16-13-4-2-3-5-14(13)19/h2-8,10H,9H2,1H3,(H,18,20)/b17-8+. The van der Waals surface area contributed by atoms with E-state index in [1.165, 1.54) is 6.21 Å². The van der Waals surface area contributed by atoms with Crippen LogP contribution in [0.4, 0.5) is 0 Å². The summed E-state index contributed by atoms with van der Waals surface area (Å²) in [5, 5.41) is 3.86. The number of hydrogen-bond acceptors (Lipinski definition) is 4. The number of aromatic nitrogens is 2. The third-order valence-electron chi connectivity index (χ3n) is 2.98. The van der Waals surface area contributed by atoms with Gasteiger partial charge < -0.3 is 8.98 Å². The molecule has 0 atom stereocenters. The maximum absolute atomic E-state index is 11.8. The molecule has 0 fully saturated rings. The third-order valence-corrected chi connectivity index (χ3v) is 2.98. The van der Waals surface area contributed by atoms with Gasteiger partial charge in [0.2, 0.25) is 0 Å². The molecule has 0 saturated heterocycles. The van der Waals surface area contributed by atoms with Crippen LogP contribution in [-0.2, 0) is 11.3 Å². The summed E-state index contributed by atoms with van der Waals surface area (Å²) in [5.74, 6) is 1.17. The van der Waals surface area contributed by atoms with Crippen molar-refractivity contribution in [3.05, 3.63) is 54.2 Å². The number of benzene rings is 1. The second-order valence-corrected chi connectivity index (χ2v) is 4.60. The SMILES string of the molecule is Cc1ccc(/C=N/NC(=O)Cn2cnc3ccccc32)o1. The third kappa shape index (κ3) is 3.00. The first-order valence-corrected chi connectivity index (χ1v) is 6.50. The van der Waals surface area contributed by atoms with Crippen LogP contribution in [0.2, 0.25) is 0 Å². The fourth-order valence-corrected chi connectivity index (χ4v) is 2.02. The van der Waals surface area contributed by atoms with Crippen molar-refractivity contribution in [1.29, 1.82) is 0 Å². The Labute approximate surface area is 121 Å². The number of hydrogen-bond donors (Lipinski definition) is 1. The number of nitrogens with zero attached hydrogens (tertiary/aromatic N) is 3. The normalized spacial score (nSPS) is 11.3. The van der Waals surface area contributed by atoms with Crippen molar-refractivity contribution < 1.29 is 9.21 Å². The van der Waals surface area contributed by atoms with E-state index in [4.69, 9.17) is 4.42 Å². The highest BCUT2D eigenvalue weighted by atomic mass is 16.3. The van der Waals surface area contributed by atoms with E-state index in [9.17, 15) is 4.79 Å².